The first-order valence-corrected chi connectivity index (χ1v) is 11.3. The molecular formula is C29H26NO+. The minimum absolute atomic E-state index is 0.137. The molecule has 3 aromatic carbocycles. The van der Waals surface area contributed by atoms with Crippen molar-refractivity contribution in [3.05, 3.63) is 101 Å². The van der Waals surface area contributed by atoms with Crippen molar-refractivity contribution in [1.82, 2.24) is 0 Å². The van der Waals surface area contributed by atoms with Crippen LogP contribution in [0, 0.1) is 0 Å². The van der Waals surface area contributed by atoms with Gasteiger partial charge < -0.3 is 5.11 Å². The van der Waals surface area contributed by atoms with Crippen LogP contribution in [0.3, 0.4) is 0 Å². The number of aliphatic hydroxyl groups excluding tert-OH is 1. The monoisotopic (exact) mass is 404 g/mol. The largest absolute Gasteiger partial charge is 0.390 e. The molecule has 1 N–H and O–H groups in total. The second kappa shape index (κ2) is 7.47. The van der Waals surface area contributed by atoms with Crippen molar-refractivity contribution in [2.24, 2.45) is 0 Å². The van der Waals surface area contributed by atoms with Gasteiger partial charge in [0.05, 0.1) is 0 Å². The van der Waals surface area contributed by atoms with Crippen LogP contribution in [0.25, 0.3) is 33.6 Å². The average Bonchev–Trinajstić information content (AvgIpc) is 2.84. The summed E-state index contributed by atoms with van der Waals surface area (Å²) in [7, 11) is 0. The zero-order valence-corrected chi connectivity index (χ0v) is 17.6. The van der Waals surface area contributed by atoms with Crippen LogP contribution in [-0.4, -0.2) is 11.7 Å². The first-order chi connectivity index (χ1) is 15.4. The topological polar surface area (TPSA) is 24.1 Å². The van der Waals surface area contributed by atoms with Gasteiger partial charge in [-0.25, -0.2) is 0 Å². The number of hydrogen-bond donors (Lipinski definition) is 1. The van der Waals surface area contributed by atoms with Gasteiger partial charge in [-0.2, -0.15) is 4.57 Å². The molecule has 6 rings (SSSR count). The number of nitrogens with zero attached hydrogens (tertiary/aromatic N) is 1. The van der Waals surface area contributed by atoms with Crippen LogP contribution in [-0.2, 0) is 32.2 Å². The molecule has 4 aromatic rings. The van der Waals surface area contributed by atoms with E-state index < -0.39 is 0 Å². The smallest absolute Gasteiger partial charge is 0.217 e. The molecule has 0 saturated heterocycles. The molecule has 31 heavy (non-hydrogen) atoms. The predicted molar refractivity (Wildman–Crippen MR) is 125 cm³/mol. The maximum atomic E-state index is 10.1. The summed E-state index contributed by atoms with van der Waals surface area (Å²) in [6.07, 6.45) is 4.21. The van der Waals surface area contributed by atoms with Crippen molar-refractivity contribution in [3.8, 4) is 33.6 Å². The van der Waals surface area contributed by atoms with Crippen LogP contribution in [0.15, 0.2) is 78.9 Å². The number of aliphatic hydroxyl groups is 1. The standard InChI is InChI=1S/C29H26NO/c31-19-18-30-28-23-12-6-4-8-20(23)14-16-25(28)27(22-10-2-1-3-11-22)26-17-15-21-9-5-7-13-24(21)29(26)30/h1-13,31H,14-19H2/q+1. The molecule has 0 aliphatic heterocycles. The maximum Gasteiger partial charge on any atom is 0.217 e. The summed E-state index contributed by atoms with van der Waals surface area (Å²) in [5.74, 6) is 0. The van der Waals surface area contributed by atoms with E-state index >= 15 is 0 Å². The van der Waals surface area contributed by atoms with E-state index in [1.165, 1.54) is 55.9 Å². The summed E-state index contributed by atoms with van der Waals surface area (Å²) >= 11 is 0. The minimum Gasteiger partial charge on any atom is -0.390 e. The lowest BCUT2D eigenvalue weighted by Gasteiger charge is -2.28. The Kier molecular flexibility index (Phi) is 4.47. The van der Waals surface area contributed by atoms with E-state index in [0.717, 1.165) is 25.7 Å². The third-order valence-corrected chi connectivity index (χ3v) is 6.93. The Morgan fingerprint density at radius 3 is 1.68 bits per heavy atom. The highest BCUT2D eigenvalue weighted by Crippen LogP contribution is 2.44. The van der Waals surface area contributed by atoms with E-state index in [1.54, 1.807) is 0 Å². The molecule has 2 aliphatic carbocycles. The van der Waals surface area contributed by atoms with Crippen LogP contribution in [0.2, 0.25) is 0 Å². The van der Waals surface area contributed by atoms with Gasteiger partial charge in [0, 0.05) is 27.8 Å². The van der Waals surface area contributed by atoms with Crippen molar-refractivity contribution in [1.29, 1.82) is 0 Å². The lowest BCUT2D eigenvalue weighted by atomic mass is 9.77. The Morgan fingerprint density at radius 1 is 0.613 bits per heavy atom. The Bertz CT molecular complexity index is 1210. The van der Waals surface area contributed by atoms with E-state index in [9.17, 15) is 5.11 Å². The van der Waals surface area contributed by atoms with E-state index in [0.29, 0.717) is 6.54 Å². The Hall–Kier alpha value is -3.23. The average molecular weight is 405 g/mol. The van der Waals surface area contributed by atoms with E-state index in [4.69, 9.17) is 0 Å². The Labute approximate surface area is 183 Å². The fourth-order valence-electron chi connectivity index (χ4n) is 5.69. The quantitative estimate of drug-likeness (QED) is 0.468. The first-order valence-electron chi connectivity index (χ1n) is 11.3. The molecule has 152 valence electrons. The van der Waals surface area contributed by atoms with Crippen molar-refractivity contribution in [2.45, 2.75) is 32.2 Å². The summed E-state index contributed by atoms with van der Waals surface area (Å²) in [6.45, 7) is 0.751. The van der Waals surface area contributed by atoms with Crippen LogP contribution in [0.5, 0.6) is 0 Å². The van der Waals surface area contributed by atoms with Crippen LogP contribution < -0.4 is 4.57 Å². The predicted octanol–water partition coefficient (Wildman–Crippen LogP) is 5.16. The Balaban J connectivity index is 1.79. The molecule has 2 aliphatic rings. The zero-order valence-electron chi connectivity index (χ0n) is 17.6. The van der Waals surface area contributed by atoms with Gasteiger partial charge in [0.15, 0.2) is 6.54 Å². The van der Waals surface area contributed by atoms with Crippen molar-refractivity contribution in [2.75, 3.05) is 6.61 Å². The number of benzene rings is 3. The number of aromatic nitrogens is 1. The lowest BCUT2D eigenvalue weighted by molar-refractivity contribution is -0.677. The normalized spacial score (nSPS) is 13.7. The van der Waals surface area contributed by atoms with Gasteiger partial charge in [0.2, 0.25) is 11.4 Å². The number of fused-ring (bicyclic) bond motifs is 6. The third-order valence-electron chi connectivity index (χ3n) is 6.93. The second-order valence-electron chi connectivity index (χ2n) is 8.58. The van der Waals surface area contributed by atoms with Crippen molar-refractivity contribution in [3.63, 3.8) is 0 Å². The van der Waals surface area contributed by atoms with Crippen LogP contribution >= 0.6 is 0 Å². The van der Waals surface area contributed by atoms with Crippen LogP contribution in [0.1, 0.15) is 22.3 Å². The molecule has 0 unspecified atom stereocenters. The minimum atomic E-state index is 0.137. The molecule has 1 heterocycles. The van der Waals surface area contributed by atoms with Gasteiger partial charge in [-0.3, -0.25) is 0 Å². The fraction of sp³-hybridized carbons (Fsp3) is 0.207. The van der Waals surface area contributed by atoms with E-state index in [2.05, 4.69) is 83.4 Å². The highest BCUT2D eigenvalue weighted by atomic mass is 16.3. The van der Waals surface area contributed by atoms with Gasteiger partial charge in [0.1, 0.15) is 6.61 Å². The molecule has 0 amide bonds. The van der Waals surface area contributed by atoms with Gasteiger partial charge in [0.25, 0.3) is 0 Å². The van der Waals surface area contributed by atoms with Gasteiger partial charge in [-0.05, 0) is 54.5 Å². The van der Waals surface area contributed by atoms with Crippen molar-refractivity contribution < 1.29 is 9.67 Å². The summed E-state index contributed by atoms with van der Waals surface area (Å²) in [4.78, 5) is 0. The molecule has 0 radical (unpaired) electrons. The molecule has 0 bridgehead atoms. The van der Waals surface area contributed by atoms with Crippen molar-refractivity contribution >= 4 is 0 Å². The molecule has 0 fully saturated rings. The number of rotatable bonds is 3. The second-order valence-corrected chi connectivity index (χ2v) is 8.58. The number of pyridine rings is 1. The SMILES string of the molecule is OCC[n+]1c2c(c(-c3ccccc3)c3c1-c1ccccc1CC3)CCc1ccccc1-2. The molecule has 2 nitrogen and oxygen atoms in total. The number of hydrogen-bond acceptors (Lipinski definition) is 1. The van der Waals surface area contributed by atoms with Gasteiger partial charge in [-0.15, -0.1) is 0 Å². The molecule has 2 heteroatoms. The molecule has 0 atom stereocenters. The van der Waals surface area contributed by atoms with Gasteiger partial charge >= 0.3 is 0 Å². The zero-order chi connectivity index (χ0) is 20.8. The summed E-state index contributed by atoms with van der Waals surface area (Å²) in [5.41, 5.74) is 13.7. The highest BCUT2D eigenvalue weighted by Gasteiger charge is 2.37. The molecule has 1 aromatic heterocycles. The first kappa shape index (κ1) is 18.5. The summed E-state index contributed by atoms with van der Waals surface area (Å²) in [6, 6.07) is 28.5. The Morgan fingerprint density at radius 2 is 1.13 bits per heavy atom. The summed E-state index contributed by atoms with van der Waals surface area (Å²) in [5, 5.41) is 10.1. The fourth-order valence-corrected chi connectivity index (χ4v) is 5.69. The van der Waals surface area contributed by atoms with Crippen LogP contribution in [0.4, 0.5) is 0 Å². The summed E-state index contributed by atoms with van der Waals surface area (Å²) < 4.78 is 2.42. The highest BCUT2D eigenvalue weighted by molar-refractivity contribution is 5.85. The maximum absolute atomic E-state index is 10.1. The molecule has 0 saturated carbocycles. The number of aryl methyl sites for hydroxylation is 2. The van der Waals surface area contributed by atoms with E-state index in [1.807, 2.05) is 0 Å². The van der Waals surface area contributed by atoms with Gasteiger partial charge in [-0.1, -0.05) is 66.7 Å². The lowest BCUT2D eigenvalue weighted by Crippen LogP contribution is -2.44. The third kappa shape index (κ3) is 2.86. The molecular weight excluding hydrogens is 378 g/mol. The van der Waals surface area contributed by atoms with E-state index in [-0.39, 0.29) is 6.61 Å². The molecule has 0 spiro atoms.